The van der Waals surface area contributed by atoms with Crippen LogP contribution in [-0.4, -0.2) is 16.9 Å². The summed E-state index contributed by atoms with van der Waals surface area (Å²) < 4.78 is 11.9. The maximum absolute atomic E-state index is 9.08. The minimum atomic E-state index is 0.157. The number of nitrogens with zero attached hydrogens (tertiary/aromatic N) is 1. The van der Waals surface area contributed by atoms with Gasteiger partial charge >= 0.3 is 0 Å². The highest BCUT2D eigenvalue weighted by Crippen LogP contribution is 2.46. The van der Waals surface area contributed by atoms with E-state index in [2.05, 4.69) is 17.3 Å². The Labute approximate surface area is 202 Å². The molecule has 0 spiro atoms. The van der Waals surface area contributed by atoms with E-state index in [-0.39, 0.29) is 6.61 Å². The summed E-state index contributed by atoms with van der Waals surface area (Å²) in [5, 5.41) is 14.5. The Bertz CT molecular complexity index is 1230. The lowest BCUT2D eigenvalue weighted by Gasteiger charge is -2.10. The van der Waals surface area contributed by atoms with E-state index < -0.39 is 0 Å². The molecule has 6 heteroatoms. The first-order valence-electron chi connectivity index (χ1n) is 11.0. The molecule has 4 nitrogen and oxygen atoms in total. The van der Waals surface area contributed by atoms with Crippen LogP contribution in [0.5, 0.6) is 5.75 Å². The third-order valence-electron chi connectivity index (χ3n) is 5.89. The van der Waals surface area contributed by atoms with E-state index in [0.29, 0.717) is 40.2 Å². The molecule has 3 aromatic carbocycles. The van der Waals surface area contributed by atoms with Crippen LogP contribution in [0.1, 0.15) is 35.6 Å². The molecule has 1 saturated carbocycles. The summed E-state index contributed by atoms with van der Waals surface area (Å²) in [5.74, 6) is 2.00. The molecular weight excluding hydrogens is 457 g/mol. The van der Waals surface area contributed by atoms with Crippen LogP contribution in [0.2, 0.25) is 10.0 Å². The monoisotopic (exact) mass is 479 g/mol. The van der Waals surface area contributed by atoms with Crippen LogP contribution in [0.4, 0.5) is 0 Å². The second-order valence-electron chi connectivity index (χ2n) is 8.23. The van der Waals surface area contributed by atoms with Gasteiger partial charge in [0.15, 0.2) is 0 Å². The van der Waals surface area contributed by atoms with Crippen molar-refractivity contribution < 1.29 is 14.4 Å². The second-order valence-corrected chi connectivity index (χ2v) is 9.04. The lowest BCUT2D eigenvalue weighted by atomic mass is 10.0. The summed E-state index contributed by atoms with van der Waals surface area (Å²) >= 11 is 12.9. The van der Waals surface area contributed by atoms with E-state index in [1.165, 1.54) is 0 Å². The van der Waals surface area contributed by atoms with Crippen molar-refractivity contribution in [3.05, 3.63) is 93.7 Å². The molecule has 0 atom stereocenters. The van der Waals surface area contributed by atoms with Gasteiger partial charge in [0.05, 0.1) is 15.6 Å². The molecule has 1 heterocycles. The van der Waals surface area contributed by atoms with Gasteiger partial charge in [0.25, 0.3) is 0 Å². The number of aliphatic hydroxyl groups excluding tert-OH is 1. The zero-order valence-electron chi connectivity index (χ0n) is 17.9. The fourth-order valence-corrected chi connectivity index (χ4v) is 4.52. The van der Waals surface area contributed by atoms with Crippen LogP contribution in [0.25, 0.3) is 22.4 Å². The summed E-state index contributed by atoms with van der Waals surface area (Å²) in [6, 6.07) is 21.6. The lowest BCUT2D eigenvalue weighted by Crippen LogP contribution is -2.00. The third-order valence-corrected chi connectivity index (χ3v) is 6.52. The predicted octanol–water partition coefficient (Wildman–Crippen LogP) is 7.31. The Kier molecular flexibility index (Phi) is 6.41. The van der Waals surface area contributed by atoms with E-state index in [1.54, 1.807) is 12.1 Å². The van der Waals surface area contributed by atoms with Crippen molar-refractivity contribution in [1.29, 1.82) is 0 Å². The quantitative estimate of drug-likeness (QED) is 0.287. The first-order valence-corrected chi connectivity index (χ1v) is 11.8. The van der Waals surface area contributed by atoms with Gasteiger partial charge < -0.3 is 14.4 Å². The molecule has 0 aliphatic heterocycles. The van der Waals surface area contributed by atoms with E-state index in [9.17, 15) is 0 Å². The number of ether oxygens (including phenoxy) is 1. The molecule has 33 heavy (non-hydrogen) atoms. The first-order chi connectivity index (χ1) is 16.1. The molecular formula is C27H23Cl2NO3. The Morgan fingerprint density at radius 3 is 2.15 bits per heavy atom. The molecule has 1 aliphatic carbocycles. The zero-order chi connectivity index (χ0) is 22.8. The van der Waals surface area contributed by atoms with Crippen molar-refractivity contribution in [2.24, 2.45) is 0 Å². The van der Waals surface area contributed by atoms with Gasteiger partial charge in [-0.15, -0.1) is 0 Å². The van der Waals surface area contributed by atoms with Crippen molar-refractivity contribution >= 4 is 23.2 Å². The van der Waals surface area contributed by atoms with E-state index in [1.807, 2.05) is 42.5 Å². The number of aliphatic hydroxyl groups is 1. The third kappa shape index (κ3) is 4.79. The van der Waals surface area contributed by atoms with Gasteiger partial charge in [0.2, 0.25) is 0 Å². The smallest absolute Gasteiger partial charge is 0.147 e. The number of benzene rings is 3. The van der Waals surface area contributed by atoms with Gasteiger partial charge in [-0.25, -0.2) is 0 Å². The molecule has 0 amide bonds. The maximum atomic E-state index is 9.08. The SMILES string of the molecule is OCCc1ccc(-c2ccc(OCc3c(-c4c(Cl)cccc4Cl)noc3C3CC3)cc2)cc1. The van der Waals surface area contributed by atoms with Crippen molar-refractivity contribution in [2.45, 2.75) is 31.8 Å². The molecule has 4 aromatic rings. The number of hydrogen-bond acceptors (Lipinski definition) is 4. The van der Waals surface area contributed by atoms with Gasteiger partial charge in [-0.3, -0.25) is 0 Å². The van der Waals surface area contributed by atoms with E-state index in [0.717, 1.165) is 46.6 Å². The molecule has 5 rings (SSSR count). The molecule has 1 aliphatic rings. The maximum Gasteiger partial charge on any atom is 0.147 e. The fourth-order valence-electron chi connectivity index (χ4n) is 3.94. The largest absolute Gasteiger partial charge is 0.489 e. The minimum Gasteiger partial charge on any atom is -0.489 e. The van der Waals surface area contributed by atoms with Crippen LogP contribution in [-0.2, 0) is 13.0 Å². The summed E-state index contributed by atoms with van der Waals surface area (Å²) in [6.45, 7) is 0.478. The molecule has 0 radical (unpaired) electrons. The predicted molar refractivity (Wildman–Crippen MR) is 131 cm³/mol. The van der Waals surface area contributed by atoms with Gasteiger partial charge in [0, 0.05) is 18.1 Å². The van der Waals surface area contributed by atoms with Crippen LogP contribution >= 0.6 is 23.2 Å². The van der Waals surface area contributed by atoms with Crippen molar-refractivity contribution in [2.75, 3.05) is 6.61 Å². The average Bonchev–Trinajstić information content (AvgIpc) is 3.59. The highest BCUT2D eigenvalue weighted by molar-refractivity contribution is 6.39. The Hall–Kier alpha value is -2.79. The summed E-state index contributed by atoms with van der Waals surface area (Å²) in [4.78, 5) is 0. The van der Waals surface area contributed by atoms with Crippen molar-refractivity contribution in [1.82, 2.24) is 5.16 Å². The summed E-state index contributed by atoms with van der Waals surface area (Å²) in [7, 11) is 0. The van der Waals surface area contributed by atoms with Gasteiger partial charge in [-0.05, 0) is 60.2 Å². The zero-order valence-corrected chi connectivity index (χ0v) is 19.4. The molecule has 1 aromatic heterocycles. The lowest BCUT2D eigenvalue weighted by molar-refractivity contribution is 0.299. The van der Waals surface area contributed by atoms with Crippen molar-refractivity contribution in [3.8, 4) is 28.1 Å². The van der Waals surface area contributed by atoms with E-state index in [4.69, 9.17) is 37.6 Å². The molecule has 0 bridgehead atoms. The first kappa shape index (κ1) is 22.0. The number of hydrogen-bond donors (Lipinski definition) is 1. The molecule has 0 unspecified atom stereocenters. The Morgan fingerprint density at radius 1 is 0.909 bits per heavy atom. The highest BCUT2D eigenvalue weighted by Gasteiger charge is 2.33. The molecule has 1 N–H and O–H groups in total. The minimum absolute atomic E-state index is 0.157. The molecule has 0 saturated heterocycles. The number of rotatable bonds is 8. The molecule has 1 fully saturated rings. The van der Waals surface area contributed by atoms with Crippen LogP contribution in [0, 0.1) is 0 Å². The van der Waals surface area contributed by atoms with Crippen LogP contribution in [0.3, 0.4) is 0 Å². The summed E-state index contributed by atoms with van der Waals surface area (Å²) in [5.41, 5.74) is 5.56. The number of aromatic nitrogens is 1. The van der Waals surface area contributed by atoms with Gasteiger partial charge in [-0.1, -0.05) is 70.8 Å². The molecule has 168 valence electrons. The van der Waals surface area contributed by atoms with E-state index >= 15 is 0 Å². The Morgan fingerprint density at radius 2 is 1.55 bits per heavy atom. The second kappa shape index (κ2) is 9.60. The normalized spacial score (nSPS) is 13.3. The average molecular weight is 480 g/mol. The Balaban J connectivity index is 1.36. The van der Waals surface area contributed by atoms with Crippen LogP contribution < -0.4 is 4.74 Å². The van der Waals surface area contributed by atoms with Crippen LogP contribution in [0.15, 0.2) is 71.3 Å². The summed E-state index contributed by atoms with van der Waals surface area (Å²) in [6.07, 6.45) is 2.84. The van der Waals surface area contributed by atoms with Gasteiger partial charge in [-0.2, -0.15) is 0 Å². The van der Waals surface area contributed by atoms with Gasteiger partial charge in [0.1, 0.15) is 23.8 Å². The fraction of sp³-hybridized carbons (Fsp3) is 0.222. The topological polar surface area (TPSA) is 55.5 Å². The number of halogens is 2. The highest BCUT2D eigenvalue weighted by atomic mass is 35.5. The van der Waals surface area contributed by atoms with Crippen molar-refractivity contribution in [3.63, 3.8) is 0 Å². The standard InChI is InChI=1S/C27H23Cl2NO3/c28-23-2-1-3-24(29)25(23)26-22(27(33-30-26)20-8-9-20)16-32-21-12-10-19(11-13-21)18-6-4-17(5-7-18)14-15-31/h1-7,10-13,20,31H,8-9,14-16H2.